The maximum absolute atomic E-state index is 12.1. The van der Waals surface area contributed by atoms with Gasteiger partial charge < -0.3 is 15.0 Å². The lowest BCUT2D eigenvalue weighted by atomic mass is 10.3. The number of nitrogens with zero attached hydrogens (tertiary/aromatic N) is 3. The monoisotopic (exact) mass is 344 g/mol. The van der Waals surface area contributed by atoms with E-state index in [0.29, 0.717) is 17.6 Å². The standard InChI is InChI=1S/C13H21BrN4O2/c1-3-4-18-13(19)12(14)11(8-16-18)15-7-10-9-17(2)5-6-20-10/h8,10,15H,3-7,9H2,1-2H3. The van der Waals surface area contributed by atoms with Crippen LogP contribution in [0.15, 0.2) is 15.5 Å². The summed E-state index contributed by atoms with van der Waals surface area (Å²) in [5.41, 5.74) is 0.623. The number of ether oxygens (including phenoxy) is 1. The highest BCUT2D eigenvalue weighted by Crippen LogP contribution is 2.16. The van der Waals surface area contributed by atoms with Gasteiger partial charge in [-0.15, -0.1) is 0 Å². The van der Waals surface area contributed by atoms with E-state index in [2.05, 4.69) is 38.3 Å². The summed E-state index contributed by atoms with van der Waals surface area (Å²) in [5.74, 6) is 0. The van der Waals surface area contributed by atoms with E-state index >= 15 is 0 Å². The normalized spacial score (nSPS) is 20.1. The molecule has 0 saturated carbocycles. The smallest absolute Gasteiger partial charge is 0.283 e. The Hall–Kier alpha value is -0.920. The number of aryl methyl sites for hydroxylation is 1. The van der Waals surface area contributed by atoms with Gasteiger partial charge in [0.1, 0.15) is 4.47 Å². The molecule has 1 aromatic heterocycles. The molecule has 1 aliphatic heterocycles. The molecule has 112 valence electrons. The number of nitrogens with one attached hydrogen (secondary N) is 1. The first-order valence-corrected chi connectivity index (χ1v) is 7.70. The van der Waals surface area contributed by atoms with Gasteiger partial charge in [-0.3, -0.25) is 4.79 Å². The number of likely N-dealkylation sites (N-methyl/N-ethyl adjacent to an activating group) is 1. The molecule has 2 rings (SSSR count). The lowest BCUT2D eigenvalue weighted by molar-refractivity contribution is -0.0117. The van der Waals surface area contributed by atoms with Crippen LogP contribution >= 0.6 is 15.9 Å². The molecule has 0 radical (unpaired) electrons. The zero-order chi connectivity index (χ0) is 14.5. The zero-order valence-corrected chi connectivity index (χ0v) is 13.5. The average Bonchev–Trinajstić information content (AvgIpc) is 2.43. The predicted octanol–water partition coefficient (Wildman–Crippen LogP) is 1.16. The molecular weight excluding hydrogens is 324 g/mol. The first-order valence-electron chi connectivity index (χ1n) is 6.91. The first kappa shape index (κ1) is 15.5. The van der Waals surface area contributed by atoms with Crippen LogP contribution in [0.3, 0.4) is 0 Å². The van der Waals surface area contributed by atoms with Crippen LogP contribution < -0.4 is 10.9 Å². The second-order valence-electron chi connectivity index (χ2n) is 5.04. The molecule has 0 bridgehead atoms. The van der Waals surface area contributed by atoms with E-state index < -0.39 is 0 Å². The summed E-state index contributed by atoms with van der Waals surface area (Å²) < 4.78 is 7.68. The third-order valence-corrected chi connectivity index (χ3v) is 4.05. The molecule has 1 atom stereocenters. The lowest BCUT2D eigenvalue weighted by Crippen LogP contribution is -2.43. The van der Waals surface area contributed by atoms with E-state index in [1.54, 1.807) is 6.20 Å². The summed E-state index contributed by atoms with van der Waals surface area (Å²) in [6.45, 7) is 5.93. The molecule has 0 aromatic carbocycles. The second kappa shape index (κ2) is 7.19. The molecule has 1 fully saturated rings. The van der Waals surface area contributed by atoms with Crippen LogP contribution in [0.5, 0.6) is 0 Å². The van der Waals surface area contributed by atoms with Gasteiger partial charge in [-0.2, -0.15) is 5.10 Å². The molecule has 0 amide bonds. The van der Waals surface area contributed by atoms with Crippen LogP contribution in [0.2, 0.25) is 0 Å². The summed E-state index contributed by atoms with van der Waals surface area (Å²) in [4.78, 5) is 14.3. The third-order valence-electron chi connectivity index (χ3n) is 3.28. The molecule has 7 heteroatoms. The van der Waals surface area contributed by atoms with Gasteiger partial charge in [0.25, 0.3) is 5.56 Å². The van der Waals surface area contributed by atoms with Crippen LogP contribution in [0.4, 0.5) is 5.69 Å². The summed E-state index contributed by atoms with van der Waals surface area (Å²) in [5, 5.41) is 7.41. The van der Waals surface area contributed by atoms with Crippen LogP contribution in [0.25, 0.3) is 0 Å². The van der Waals surface area contributed by atoms with E-state index in [0.717, 1.165) is 31.8 Å². The van der Waals surface area contributed by atoms with Gasteiger partial charge in [-0.1, -0.05) is 6.92 Å². The number of rotatable bonds is 5. The van der Waals surface area contributed by atoms with Crippen molar-refractivity contribution in [2.24, 2.45) is 0 Å². The summed E-state index contributed by atoms with van der Waals surface area (Å²) in [6, 6.07) is 0. The summed E-state index contributed by atoms with van der Waals surface area (Å²) >= 11 is 3.35. The van der Waals surface area contributed by atoms with E-state index in [1.807, 2.05) is 6.92 Å². The van der Waals surface area contributed by atoms with E-state index in [9.17, 15) is 4.79 Å². The van der Waals surface area contributed by atoms with Crippen molar-refractivity contribution in [2.45, 2.75) is 26.0 Å². The lowest BCUT2D eigenvalue weighted by Gasteiger charge is -2.30. The fourth-order valence-corrected chi connectivity index (χ4v) is 2.62. The molecule has 20 heavy (non-hydrogen) atoms. The van der Waals surface area contributed by atoms with Gasteiger partial charge in [0.2, 0.25) is 0 Å². The number of halogens is 1. The largest absolute Gasteiger partial charge is 0.380 e. The first-order chi connectivity index (χ1) is 9.61. The predicted molar refractivity (Wildman–Crippen MR) is 82.2 cm³/mol. The van der Waals surface area contributed by atoms with Crippen molar-refractivity contribution in [2.75, 3.05) is 38.6 Å². The van der Waals surface area contributed by atoms with Gasteiger partial charge in [-0.05, 0) is 29.4 Å². The van der Waals surface area contributed by atoms with Crippen molar-refractivity contribution in [1.29, 1.82) is 0 Å². The number of anilines is 1. The number of morpholine rings is 1. The summed E-state index contributed by atoms with van der Waals surface area (Å²) in [6.07, 6.45) is 2.71. The molecule has 1 N–H and O–H groups in total. The SMILES string of the molecule is CCCn1ncc(NCC2CN(C)CCO2)c(Br)c1=O. The van der Waals surface area contributed by atoms with Crippen molar-refractivity contribution < 1.29 is 4.74 Å². The van der Waals surface area contributed by atoms with E-state index in [-0.39, 0.29) is 11.7 Å². The van der Waals surface area contributed by atoms with Crippen LogP contribution in [-0.2, 0) is 11.3 Å². The number of aromatic nitrogens is 2. The Morgan fingerprint density at radius 1 is 1.60 bits per heavy atom. The highest BCUT2D eigenvalue weighted by Gasteiger charge is 2.18. The maximum Gasteiger partial charge on any atom is 0.283 e. The molecule has 1 aliphatic rings. The molecule has 0 aliphatic carbocycles. The van der Waals surface area contributed by atoms with E-state index in [4.69, 9.17) is 4.74 Å². The molecule has 1 unspecified atom stereocenters. The molecule has 1 aromatic rings. The van der Waals surface area contributed by atoms with Gasteiger partial charge >= 0.3 is 0 Å². The van der Waals surface area contributed by atoms with Crippen molar-refractivity contribution in [3.8, 4) is 0 Å². The fraction of sp³-hybridized carbons (Fsp3) is 0.692. The fourth-order valence-electron chi connectivity index (χ4n) is 2.17. The minimum atomic E-state index is -0.0986. The van der Waals surface area contributed by atoms with Gasteiger partial charge in [0.15, 0.2) is 0 Å². The molecule has 2 heterocycles. The minimum Gasteiger partial charge on any atom is -0.380 e. The molecular formula is C13H21BrN4O2. The van der Waals surface area contributed by atoms with Crippen molar-refractivity contribution in [1.82, 2.24) is 14.7 Å². The minimum absolute atomic E-state index is 0.0986. The molecule has 0 spiro atoms. The summed E-state index contributed by atoms with van der Waals surface area (Å²) in [7, 11) is 2.08. The average molecular weight is 345 g/mol. The number of hydrogen-bond acceptors (Lipinski definition) is 5. The topological polar surface area (TPSA) is 59.4 Å². The Balaban J connectivity index is 1.99. The second-order valence-corrected chi connectivity index (χ2v) is 5.83. The number of hydrogen-bond donors (Lipinski definition) is 1. The Bertz CT molecular complexity index is 506. The Labute approximate surface area is 127 Å². The van der Waals surface area contributed by atoms with E-state index in [1.165, 1.54) is 4.68 Å². The Morgan fingerprint density at radius 3 is 3.10 bits per heavy atom. The Morgan fingerprint density at radius 2 is 2.40 bits per heavy atom. The van der Waals surface area contributed by atoms with Gasteiger partial charge in [0.05, 0.1) is 24.6 Å². The van der Waals surface area contributed by atoms with Gasteiger partial charge in [0, 0.05) is 26.2 Å². The van der Waals surface area contributed by atoms with Crippen molar-refractivity contribution in [3.63, 3.8) is 0 Å². The zero-order valence-electron chi connectivity index (χ0n) is 11.9. The van der Waals surface area contributed by atoms with Crippen LogP contribution in [-0.4, -0.2) is 54.1 Å². The molecule has 1 saturated heterocycles. The van der Waals surface area contributed by atoms with Crippen molar-refractivity contribution >= 4 is 21.6 Å². The van der Waals surface area contributed by atoms with Crippen molar-refractivity contribution in [3.05, 3.63) is 21.0 Å². The Kier molecular flexibility index (Phi) is 5.56. The molecule has 6 nitrogen and oxygen atoms in total. The highest BCUT2D eigenvalue weighted by molar-refractivity contribution is 9.10. The van der Waals surface area contributed by atoms with Crippen LogP contribution in [0, 0.1) is 0 Å². The quantitative estimate of drug-likeness (QED) is 0.868. The third kappa shape index (κ3) is 3.80. The van der Waals surface area contributed by atoms with Crippen LogP contribution in [0.1, 0.15) is 13.3 Å². The van der Waals surface area contributed by atoms with Gasteiger partial charge in [-0.25, -0.2) is 4.68 Å². The maximum atomic E-state index is 12.1. The highest BCUT2D eigenvalue weighted by atomic mass is 79.9.